The number of benzene rings is 2. The third-order valence-corrected chi connectivity index (χ3v) is 17.6. The first-order valence-electron chi connectivity index (χ1n) is 18.9. The van der Waals surface area contributed by atoms with Gasteiger partial charge in [0.25, 0.3) is 0 Å². The SMILES string of the molecule is CC(C)CCCC(C)[C@H]1CCC2C3CC[C@H]4C[C@@H](CCCP(=O)(c5ccccc5)c5ccccc5)CC[C@]4(C)C3CC[C@@]21C. The second-order valence-corrected chi connectivity index (χ2v) is 20.1. The summed E-state index contributed by atoms with van der Waals surface area (Å²) in [7, 11) is -2.59. The molecular formula is C42H63OP. The molecule has 0 aromatic heterocycles. The van der Waals surface area contributed by atoms with Crippen molar-refractivity contribution in [2.24, 2.45) is 58.2 Å². The predicted molar refractivity (Wildman–Crippen MR) is 190 cm³/mol. The van der Waals surface area contributed by atoms with Crippen molar-refractivity contribution in [2.45, 2.75) is 125 Å². The Morgan fingerprint density at radius 3 is 2.02 bits per heavy atom. The van der Waals surface area contributed by atoms with Crippen molar-refractivity contribution in [3.05, 3.63) is 60.7 Å². The van der Waals surface area contributed by atoms with E-state index >= 15 is 0 Å². The van der Waals surface area contributed by atoms with Crippen LogP contribution in [0.2, 0.25) is 0 Å². The normalized spacial score (nSPS) is 36.0. The molecule has 0 amide bonds. The third kappa shape index (κ3) is 6.19. The number of hydrogen-bond donors (Lipinski definition) is 0. The van der Waals surface area contributed by atoms with Crippen LogP contribution in [0.1, 0.15) is 125 Å². The molecule has 0 spiro atoms. The van der Waals surface area contributed by atoms with Gasteiger partial charge in [-0.05, 0) is 129 Å². The monoisotopic (exact) mass is 614 g/mol. The molecule has 0 saturated heterocycles. The van der Waals surface area contributed by atoms with Crippen molar-refractivity contribution in [1.82, 2.24) is 0 Å². The zero-order valence-electron chi connectivity index (χ0n) is 28.9. The molecule has 2 heteroatoms. The Bertz CT molecular complexity index is 1210. The summed E-state index contributed by atoms with van der Waals surface area (Å²) < 4.78 is 14.6. The minimum atomic E-state index is -2.59. The van der Waals surface area contributed by atoms with Gasteiger partial charge in [0.2, 0.25) is 0 Å². The Hall–Kier alpha value is -1.33. The van der Waals surface area contributed by atoms with Crippen LogP contribution < -0.4 is 10.6 Å². The van der Waals surface area contributed by atoms with E-state index in [0.29, 0.717) is 10.8 Å². The number of hydrogen-bond acceptors (Lipinski definition) is 1. The number of fused-ring (bicyclic) bond motifs is 5. The standard InChI is InChI=1S/C42H63OP/c1-31(2)14-12-15-32(3)38-23-24-39-37-22-21-34-30-33(25-27-41(34,4)40(37)26-28-42(38,39)5)16-13-29-44(43,35-17-8-6-9-18-35)36-19-10-7-11-20-36/h6-11,17-20,31-34,37-40H,12-16,21-30H2,1-5H3/t32?,33-,34-,37?,38+,39?,40?,41-,42+/m0/s1. The lowest BCUT2D eigenvalue weighted by Crippen LogP contribution is -2.53. The summed E-state index contributed by atoms with van der Waals surface area (Å²) >= 11 is 0. The maximum Gasteiger partial charge on any atom is 0.143 e. The molecule has 0 bridgehead atoms. The average molecular weight is 615 g/mol. The van der Waals surface area contributed by atoms with Gasteiger partial charge in [0.05, 0.1) is 0 Å². The van der Waals surface area contributed by atoms with Crippen molar-refractivity contribution in [2.75, 3.05) is 6.16 Å². The molecule has 2 aromatic rings. The first-order valence-corrected chi connectivity index (χ1v) is 20.7. The molecule has 4 saturated carbocycles. The molecule has 0 radical (unpaired) electrons. The van der Waals surface area contributed by atoms with Crippen molar-refractivity contribution in [3.63, 3.8) is 0 Å². The average Bonchev–Trinajstić information content (AvgIpc) is 3.39. The summed E-state index contributed by atoms with van der Waals surface area (Å²) in [6.45, 7) is 12.9. The highest BCUT2D eigenvalue weighted by Gasteiger charge is 2.60. The molecule has 44 heavy (non-hydrogen) atoms. The van der Waals surface area contributed by atoms with Crippen molar-refractivity contribution in [3.8, 4) is 0 Å². The van der Waals surface area contributed by atoms with Gasteiger partial charge in [0, 0.05) is 16.8 Å². The highest BCUT2D eigenvalue weighted by atomic mass is 31.2. The first kappa shape index (κ1) is 32.6. The summed E-state index contributed by atoms with van der Waals surface area (Å²) in [5.41, 5.74) is 1.16. The van der Waals surface area contributed by atoms with Gasteiger partial charge in [0.1, 0.15) is 7.14 Å². The highest BCUT2D eigenvalue weighted by Crippen LogP contribution is 2.69. The largest absolute Gasteiger partial charge is 0.314 e. The zero-order valence-corrected chi connectivity index (χ0v) is 29.7. The zero-order chi connectivity index (χ0) is 31.0. The smallest absolute Gasteiger partial charge is 0.143 e. The topological polar surface area (TPSA) is 17.1 Å². The summed E-state index contributed by atoms with van der Waals surface area (Å²) in [4.78, 5) is 0. The molecule has 6 rings (SSSR count). The van der Waals surface area contributed by atoms with Gasteiger partial charge in [-0.3, -0.25) is 0 Å². The van der Waals surface area contributed by atoms with Gasteiger partial charge in [0.15, 0.2) is 0 Å². The fraction of sp³-hybridized carbons (Fsp3) is 0.714. The van der Waals surface area contributed by atoms with E-state index in [0.717, 1.165) is 70.5 Å². The summed E-state index contributed by atoms with van der Waals surface area (Å²) in [6, 6.07) is 20.7. The van der Waals surface area contributed by atoms with Crippen LogP contribution in [0.25, 0.3) is 0 Å². The van der Waals surface area contributed by atoms with E-state index < -0.39 is 7.14 Å². The van der Waals surface area contributed by atoms with E-state index in [-0.39, 0.29) is 0 Å². The van der Waals surface area contributed by atoms with Crippen molar-refractivity contribution in [1.29, 1.82) is 0 Å². The van der Waals surface area contributed by atoms with E-state index in [2.05, 4.69) is 83.1 Å². The molecule has 1 nitrogen and oxygen atoms in total. The molecule has 4 fully saturated rings. The first-order chi connectivity index (χ1) is 21.1. The fourth-order valence-corrected chi connectivity index (χ4v) is 14.7. The van der Waals surface area contributed by atoms with Crippen LogP contribution in [0, 0.1) is 58.2 Å². The highest BCUT2D eigenvalue weighted by molar-refractivity contribution is 7.78. The van der Waals surface area contributed by atoms with E-state index in [1.807, 2.05) is 12.1 Å². The maximum atomic E-state index is 14.6. The maximum absolute atomic E-state index is 14.6. The molecule has 0 aliphatic heterocycles. The molecule has 0 N–H and O–H groups in total. The predicted octanol–water partition coefficient (Wildman–Crippen LogP) is 11.5. The van der Waals surface area contributed by atoms with Gasteiger partial charge in [-0.15, -0.1) is 0 Å². The molecule has 4 aliphatic rings. The fourth-order valence-electron chi connectivity index (χ4n) is 12.0. The van der Waals surface area contributed by atoms with E-state index in [1.165, 1.54) is 83.5 Å². The Labute approximate surface area is 271 Å². The molecule has 4 unspecified atom stereocenters. The van der Waals surface area contributed by atoms with Gasteiger partial charge in [-0.1, -0.05) is 115 Å². The number of rotatable bonds is 11. The van der Waals surface area contributed by atoms with Crippen LogP contribution in [-0.4, -0.2) is 6.16 Å². The molecule has 9 atom stereocenters. The van der Waals surface area contributed by atoms with E-state index in [1.54, 1.807) is 0 Å². The molecular weight excluding hydrogens is 551 g/mol. The Kier molecular flexibility index (Phi) is 9.94. The van der Waals surface area contributed by atoms with Gasteiger partial charge in [-0.2, -0.15) is 0 Å². The Morgan fingerprint density at radius 2 is 1.36 bits per heavy atom. The minimum absolute atomic E-state index is 0.561. The summed E-state index contributed by atoms with van der Waals surface area (Å²) in [5, 5.41) is 2.06. The minimum Gasteiger partial charge on any atom is -0.314 e. The van der Waals surface area contributed by atoms with E-state index in [4.69, 9.17) is 0 Å². The Morgan fingerprint density at radius 1 is 0.727 bits per heavy atom. The quantitative estimate of drug-likeness (QED) is 0.230. The molecule has 4 aliphatic carbocycles. The van der Waals surface area contributed by atoms with Crippen LogP contribution in [0.5, 0.6) is 0 Å². The van der Waals surface area contributed by atoms with Crippen LogP contribution >= 0.6 is 7.14 Å². The van der Waals surface area contributed by atoms with E-state index in [9.17, 15) is 4.57 Å². The molecule has 0 heterocycles. The second-order valence-electron chi connectivity index (χ2n) is 17.1. The van der Waals surface area contributed by atoms with Crippen molar-refractivity contribution >= 4 is 17.8 Å². The Balaban J connectivity index is 1.07. The lowest BCUT2D eigenvalue weighted by Gasteiger charge is -2.61. The van der Waals surface area contributed by atoms with Crippen LogP contribution in [-0.2, 0) is 4.57 Å². The summed E-state index contributed by atoms with van der Waals surface area (Å²) in [5.74, 6) is 7.38. The van der Waals surface area contributed by atoms with Gasteiger partial charge in [-0.25, -0.2) is 0 Å². The lowest BCUT2D eigenvalue weighted by atomic mass is 9.44. The lowest BCUT2D eigenvalue weighted by molar-refractivity contribution is -0.121. The summed E-state index contributed by atoms with van der Waals surface area (Å²) in [6.07, 6.45) is 20.7. The van der Waals surface area contributed by atoms with Gasteiger partial charge < -0.3 is 4.57 Å². The van der Waals surface area contributed by atoms with Crippen molar-refractivity contribution < 1.29 is 4.57 Å². The second kappa shape index (κ2) is 13.4. The van der Waals surface area contributed by atoms with Crippen LogP contribution in [0.4, 0.5) is 0 Å². The third-order valence-electron chi connectivity index (χ3n) is 14.4. The van der Waals surface area contributed by atoms with Gasteiger partial charge >= 0.3 is 0 Å². The molecule has 2 aromatic carbocycles. The molecule has 242 valence electrons. The van der Waals surface area contributed by atoms with Crippen LogP contribution in [0.3, 0.4) is 0 Å². The van der Waals surface area contributed by atoms with Crippen LogP contribution in [0.15, 0.2) is 60.7 Å².